The monoisotopic (exact) mass is 278 g/mol. The van der Waals surface area contributed by atoms with E-state index in [1.807, 2.05) is 36.3 Å². The van der Waals surface area contributed by atoms with Gasteiger partial charge in [-0.2, -0.15) is 10.2 Å². The van der Waals surface area contributed by atoms with E-state index in [-0.39, 0.29) is 0 Å². The van der Waals surface area contributed by atoms with Crippen LogP contribution in [0.2, 0.25) is 0 Å². The summed E-state index contributed by atoms with van der Waals surface area (Å²) in [7, 11) is 1.88. The zero-order valence-electron chi connectivity index (χ0n) is 11.8. The van der Waals surface area contributed by atoms with Crippen LogP contribution in [-0.4, -0.2) is 29.5 Å². The molecule has 104 valence electrons. The number of rotatable bonds is 2. The first-order chi connectivity index (χ1) is 10.2. The fourth-order valence-electron chi connectivity index (χ4n) is 2.41. The zero-order valence-corrected chi connectivity index (χ0v) is 11.8. The van der Waals surface area contributed by atoms with Gasteiger partial charge in [-0.1, -0.05) is 12.1 Å². The molecule has 4 aromatic rings. The molecule has 0 saturated carbocycles. The van der Waals surface area contributed by atoms with Crippen LogP contribution in [-0.2, 0) is 7.05 Å². The fourth-order valence-corrected chi connectivity index (χ4v) is 2.41. The predicted octanol–water partition coefficient (Wildman–Crippen LogP) is 2.46. The van der Waals surface area contributed by atoms with E-state index in [0.29, 0.717) is 0 Å². The number of nitrogens with one attached hydrogen (secondary N) is 1. The van der Waals surface area contributed by atoms with Crippen LogP contribution in [0.1, 0.15) is 5.56 Å². The summed E-state index contributed by atoms with van der Waals surface area (Å²) >= 11 is 0. The van der Waals surface area contributed by atoms with Gasteiger partial charge in [0.05, 0.1) is 23.6 Å². The molecule has 0 saturated heterocycles. The molecule has 0 amide bonds. The normalized spacial score (nSPS) is 11.3. The third-order valence-electron chi connectivity index (χ3n) is 3.50. The van der Waals surface area contributed by atoms with Gasteiger partial charge in [0, 0.05) is 13.2 Å². The lowest BCUT2D eigenvalue weighted by molar-refractivity contribution is 0.787. The van der Waals surface area contributed by atoms with Crippen molar-refractivity contribution < 1.29 is 0 Å². The van der Waals surface area contributed by atoms with Crippen molar-refractivity contribution >= 4 is 11.2 Å². The van der Waals surface area contributed by atoms with Crippen LogP contribution < -0.4 is 0 Å². The highest BCUT2D eigenvalue weighted by Gasteiger charge is 2.10. The van der Waals surface area contributed by atoms with Crippen LogP contribution in [0, 0.1) is 6.92 Å². The van der Waals surface area contributed by atoms with Crippen molar-refractivity contribution in [2.75, 3.05) is 0 Å². The number of hydrogen-bond acceptors (Lipinski definition) is 3. The minimum Gasteiger partial charge on any atom is -0.335 e. The molecular weight excluding hydrogens is 264 g/mol. The van der Waals surface area contributed by atoms with Gasteiger partial charge in [0.15, 0.2) is 5.65 Å². The van der Waals surface area contributed by atoms with Crippen molar-refractivity contribution in [2.24, 2.45) is 7.05 Å². The highest BCUT2D eigenvalue weighted by Crippen LogP contribution is 2.20. The summed E-state index contributed by atoms with van der Waals surface area (Å²) in [4.78, 5) is 7.82. The molecule has 3 aromatic heterocycles. The van der Waals surface area contributed by atoms with E-state index in [4.69, 9.17) is 0 Å². The zero-order chi connectivity index (χ0) is 14.4. The van der Waals surface area contributed by atoms with Crippen LogP contribution in [0.4, 0.5) is 0 Å². The Balaban J connectivity index is 1.76. The Labute approximate surface area is 121 Å². The number of aryl methyl sites for hydroxylation is 2. The van der Waals surface area contributed by atoms with E-state index in [2.05, 4.69) is 39.2 Å². The SMILES string of the molecule is Cc1cccc(-n2cc(-c3nc4c(cnn4C)[nH]3)cn2)c1. The number of H-pyrrole nitrogens is 1. The van der Waals surface area contributed by atoms with Crippen LogP contribution >= 0.6 is 0 Å². The standard InChI is InChI=1S/C15H14N6/c1-10-4-3-5-12(6-10)21-9-11(7-17-21)14-18-13-8-16-20(2)15(13)19-14/h3-9H,1-2H3,(H,18,19). The lowest BCUT2D eigenvalue weighted by Gasteiger charge is -2.01. The lowest BCUT2D eigenvalue weighted by atomic mass is 10.2. The smallest absolute Gasteiger partial charge is 0.176 e. The second-order valence-corrected chi connectivity index (χ2v) is 5.10. The van der Waals surface area contributed by atoms with E-state index in [0.717, 1.165) is 28.2 Å². The third kappa shape index (κ3) is 1.92. The quantitative estimate of drug-likeness (QED) is 0.612. The number of imidazole rings is 1. The molecule has 0 bridgehead atoms. The summed E-state index contributed by atoms with van der Waals surface area (Å²) < 4.78 is 3.61. The van der Waals surface area contributed by atoms with Gasteiger partial charge < -0.3 is 4.98 Å². The second-order valence-electron chi connectivity index (χ2n) is 5.10. The maximum atomic E-state index is 4.56. The fraction of sp³-hybridized carbons (Fsp3) is 0.133. The van der Waals surface area contributed by atoms with Gasteiger partial charge in [-0.15, -0.1) is 0 Å². The molecule has 3 heterocycles. The molecule has 0 fully saturated rings. The molecule has 1 N–H and O–H groups in total. The van der Waals surface area contributed by atoms with Gasteiger partial charge in [-0.05, 0) is 24.6 Å². The summed E-state index contributed by atoms with van der Waals surface area (Å²) in [5.74, 6) is 0.803. The molecule has 21 heavy (non-hydrogen) atoms. The molecule has 4 rings (SSSR count). The Kier molecular flexibility index (Phi) is 2.44. The van der Waals surface area contributed by atoms with E-state index >= 15 is 0 Å². The highest BCUT2D eigenvalue weighted by atomic mass is 15.3. The summed E-state index contributed by atoms with van der Waals surface area (Å²) in [6, 6.07) is 8.23. The molecule has 1 aromatic carbocycles. The number of aromatic amines is 1. The third-order valence-corrected chi connectivity index (χ3v) is 3.50. The van der Waals surface area contributed by atoms with Crippen LogP contribution in [0.5, 0.6) is 0 Å². The summed E-state index contributed by atoms with van der Waals surface area (Å²) in [5, 5.41) is 8.57. The molecule has 0 spiro atoms. The highest BCUT2D eigenvalue weighted by molar-refractivity contribution is 5.75. The van der Waals surface area contributed by atoms with Crippen molar-refractivity contribution in [2.45, 2.75) is 6.92 Å². The van der Waals surface area contributed by atoms with Crippen molar-refractivity contribution in [3.8, 4) is 17.1 Å². The summed E-state index contributed by atoms with van der Waals surface area (Å²) in [5.41, 5.74) is 4.97. The average molecular weight is 278 g/mol. The van der Waals surface area contributed by atoms with Crippen molar-refractivity contribution in [1.82, 2.24) is 29.5 Å². The molecule has 0 atom stereocenters. The molecule has 0 radical (unpaired) electrons. The largest absolute Gasteiger partial charge is 0.335 e. The average Bonchev–Trinajstić information content (AvgIpc) is 3.16. The molecule has 0 unspecified atom stereocenters. The Morgan fingerprint density at radius 3 is 2.86 bits per heavy atom. The minimum atomic E-state index is 0.803. The van der Waals surface area contributed by atoms with Crippen molar-refractivity contribution in [3.63, 3.8) is 0 Å². The summed E-state index contributed by atoms with van der Waals surface area (Å²) in [6.45, 7) is 2.07. The Morgan fingerprint density at radius 2 is 2.05 bits per heavy atom. The number of hydrogen-bond donors (Lipinski definition) is 1. The maximum Gasteiger partial charge on any atom is 0.176 e. The molecule has 6 heteroatoms. The maximum absolute atomic E-state index is 4.56. The Hall–Kier alpha value is -2.89. The van der Waals surface area contributed by atoms with E-state index in [1.54, 1.807) is 10.9 Å². The van der Waals surface area contributed by atoms with Gasteiger partial charge in [0.25, 0.3) is 0 Å². The number of nitrogens with zero attached hydrogens (tertiary/aromatic N) is 5. The minimum absolute atomic E-state index is 0.803. The van der Waals surface area contributed by atoms with E-state index in [1.165, 1.54) is 5.56 Å². The van der Waals surface area contributed by atoms with Crippen LogP contribution in [0.25, 0.3) is 28.2 Å². The molecule has 0 aliphatic heterocycles. The van der Waals surface area contributed by atoms with Crippen molar-refractivity contribution in [1.29, 1.82) is 0 Å². The van der Waals surface area contributed by atoms with Gasteiger partial charge in [0.1, 0.15) is 11.3 Å². The van der Waals surface area contributed by atoms with Crippen LogP contribution in [0.15, 0.2) is 42.9 Å². The number of fused-ring (bicyclic) bond motifs is 1. The first-order valence-corrected chi connectivity index (χ1v) is 6.70. The van der Waals surface area contributed by atoms with E-state index in [9.17, 15) is 0 Å². The van der Waals surface area contributed by atoms with Gasteiger partial charge in [-0.3, -0.25) is 0 Å². The van der Waals surface area contributed by atoms with Gasteiger partial charge in [-0.25, -0.2) is 14.3 Å². The van der Waals surface area contributed by atoms with Gasteiger partial charge >= 0.3 is 0 Å². The molecule has 0 aliphatic rings. The van der Waals surface area contributed by atoms with Crippen molar-refractivity contribution in [3.05, 3.63) is 48.4 Å². The number of aromatic nitrogens is 6. The topological polar surface area (TPSA) is 64.3 Å². The molecular formula is C15H14N6. The van der Waals surface area contributed by atoms with E-state index < -0.39 is 0 Å². The van der Waals surface area contributed by atoms with Crippen LogP contribution in [0.3, 0.4) is 0 Å². The predicted molar refractivity (Wildman–Crippen MR) is 80.2 cm³/mol. The molecule has 6 nitrogen and oxygen atoms in total. The Morgan fingerprint density at radius 1 is 1.14 bits per heavy atom. The first-order valence-electron chi connectivity index (χ1n) is 6.70. The first kappa shape index (κ1) is 11.9. The molecule has 0 aliphatic carbocycles. The summed E-state index contributed by atoms with van der Waals surface area (Å²) in [6.07, 6.45) is 5.56. The number of benzene rings is 1. The van der Waals surface area contributed by atoms with Gasteiger partial charge in [0.2, 0.25) is 0 Å². The second kappa shape index (κ2) is 4.31. The lowest BCUT2D eigenvalue weighted by Crippen LogP contribution is -1.93. The Bertz CT molecular complexity index is 927.